The van der Waals surface area contributed by atoms with E-state index in [4.69, 9.17) is 0 Å². The molecule has 1 N–H and O–H groups in total. The third-order valence-corrected chi connectivity index (χ3v) is 4.33. The number of hydrogen-bond donors (Lipinski definition) is 1. The maximum Gasteiger partial charge on any atom is 0.262 e. The number of nitrogens with zero attached hydrogens (tertiary/aromatic N) is 2. The Labute approximate surface area is 117 Å². The third kappa shape index (κ3) is 2.25. The van der Waals surface area contributed by atoms with Gasteiger partial charge in [-0.2, -0.15) is 0 Å². The van der Waals surface area contributed by atoms with E-state index in [-0.39, 0.29) is 4.90 Å². The van der Waals surface area contributed by atoms with Crippen molar-refractivity contribution >= 4 is 21.4 Å². The van der Waals surface area contributed by atoms with Crippen LogP contribution in [0.2, 0.25) is 0 Å². The molecule has 2 heterocycles. The van der Waals surface area contributed by atoms with Crippen molar-refractivity contribution in [2.24, 2.45) is 0 Å². The van der Waals surface area contributed by atoms with Crippen molar-refractivity contribution in [2.45, 2.75) is 11.8 Å². The van der Waals surface area contributed by atoms with Crippen LogP contribution in [-0.4, -0.2) is 17.8 Å². The third-order valence-electron chi connectivity index (χ3n) is 2.96. The SMILES string of the molecule is Cc1cccc(S(=O)(=O)Nc2cccn3ccnc23)c1. The highest BCUT2D eigenvalue weighted by molar-refractivity contribution is 7.92. The number of benzene rings is 1. The Kier molecular flexibility index (Phi) is 2.94. The van der Waals surface area contributed by atoms with Crippen LogP contribution in [-0.2, 0) is 10.0 Å². The van der Waals surface area contributed by atoms with Crippen molar-refractivity contribution in [1.82, 2.24) is 9.38 Å². The summed E-state index contributed by atoms with van der Waals surface area (Å²) in [5.41, 5.74) is 1.93. The summed E-state index contributed by atoms with van der Waals surface area (Å²) in [6.45, 7) is 1.86. The zero-order valence-electron chi connectivity index (χ0n) is 10.8. The molecular formula is C14H13N3O2S. The van der Waals surface area contributed by atoms with Gasteiger partial charge in [0.2, 0.25) is 0 Å². The van der Waals surface area contributed by atoms with E-state index in [1.54, 1.807) is 47.1 Å². The monoisotopic (exact) mass is 287 g/mol. The molecule has 0 bridgehead atoms. The van der Waals surface area contributed by atoms with E-state index in [0.29, 0.717) is 11.3 Å². The minimum Gasteiger partial charge on any atom is -0.305 e. The fourth-order valence-corrected chi connectivity index (χ4v) is 3.18. The molecule has 6 heteroatoms. The smallest absolute Gasteiger partial charge is 0.262 e. The highest BCUT2D eigenvalue weighted by Crippen LogP contribution is 2.20. The van der Waals surface area contributed by atoms with Crippen molar-refractivity contribution in [3.63, 3.8) is 0 Å². The summed E-state index contributed by atoms with van der Waals surface area (Å²) in [4.78, 5) is 4.39. The maximum atomic E-state index is 12.4. The van der Waals surface area contributed by atoms with Crippen LogP contribution in [0.5, 0.6) is 0 Å². The average Bonchev–Trinajstić information content (AvgIpc) is 2.88. The second kappa shape index (κ2) is 4.64. The van der Waals surface area contributed by atoms with Crippen LogP contribution in [0.15, 0.2) is 59.9 Å². The maximum absolute atomic E-state index is 12.4. The van der Waals surface area contributed by atoms with Crippen LogP contribution in [0.25, 0.3) is 5.65 Å². The molecule has 20 heavy (non-hydrogen) atoms. The summed E-state index contributed by atoms with van der Waals surface area (Å²) < 4.78 is 29.1. The van der Waals surface area contributed by atoms with E-state index < -0.39 is 10.0 Å². The molecular weight excluding hydrogens is 274 g/mol. The summed E-state index contributed by atoms with van der Waals surface area (Å²) >= 11 is 0. The largest absolute Gasteiger partial charge is 0.305 e. The first-order chi connectivity index (χ1) is 9.56. The molecule has 3 rings (SSSR count). The van der Waals surface area contributed by atoms with E-state index in [2.05, 4.69) is 9.71 Å². The number of sulfonamides is 1. The average molecular weight is 287 g/mol. The number of rotatable bonds is 3. The van der Waals surface area contributed by atoms with Gasteiger partial charge in [-0.15, -0.1) is 0 Å². The Morgan fingerprint density at radius 3 is 2.80 bits per heavy atom. The molecule has 0 amide bonds. The molecule has 2 aromatic heterocycles. The minimum absolute atomic E-state index is 0.242. The molecule has 0 fully saturated rings. The lowest BCUT2D eigenvalue weighted by molar-refractivity contribution is 0.601. The number of anilines is 1. The van der Waals surface area contributed by atoms with E-state index in [0.717, 1.165) is 5.56 Å². The molecule has 0 radical (unpaired) electrons. The number of hydrogen-bond acceptors (Lipinski definition) is 3. The van der Waals surface area contributed by atoms with Crippen LogP contribution < -0.4 is 4.72 Å². The molecule has 102 valence electrons. The molecule has 5 nitrogen and oxygen atoms in total. The molecule has 0 aliphatic carbocycles. The molecule has 0 aliphatic heterocycles. The first-order valence-electron chi connectivity index (χ1n) is 6.07. The Bertz CT molecular complexity index is 869. The Morgan fingerprint density at radius 2 is 2.00 bits per heavy atom. The van der Waals surface area contributed by atoms with Crippen LogP contribution in [0, 0.1) is 6.92 Å². The van der Waals surface area contributed by atoms with Crippen molar-refractivity contribution < 1.29 is 8.42 Å². The lowest BCUT2D eigenvalue weighted by Crippen LogP contribution is -2.13. The second-order valence-corrected chi connectivity index (χ2v) is 6.18. The van der Waals surface area contributed by atoms with Gasteiger partial charge >= 0.3 is 0 Å². The summed E-state index contributed by atoms with van der Waals surface area (Å²) in [5.74, 6) is 0. The number of pyridine rings is 1. The minimum atomic E-state index is -3.61. The van der Waals surface area contributed by atoms with Gasteiger partial charge in [0, 0.05) is 18.6 Å². The van der Waals surface area contributed by atoms with Crippen LogP contribution in [0.1, 0.15) is 5.56 Å². The standard InChI is InChI=1S/C14H13N3O2S/c1-11-4-2-5-12(10-11)20(18,19)16-13-6-3-8-17-9-7-15-14(13)17/h2-10,16H,1H3. The van der Waals surface area contributed by atoms with Gasteiger partial charge in [0.1, 0.15) is 0 Å². The van der Waals surface area contributed by atoms with Gasteiger partial charge in [-0.3, -0.25) is 4.72 Å². The molecule has 3 aromatic rings. The summed E-state index contributed by atoms with van der Waals surface area (Å²) in [6, 6.07) is 10.2. The summed E-state index contributed by atoms with van der Waals surface area (Å²) in [6.07, 6.45) is 5.20. The topological polar surface area (TPSA) is 63.5 Å². The van der Waals surface area contributed by atoms with Gasteiger partial charge in [0.25, 0.3) is 10.0 Å². The molecule has 1 aromatic carbocycles. The van der Waals surface area contributed by atoms with E-state index in [9.17, 15) is 8.42 Å². The molecule has 0 saturated carbocycles. The molecule has 0 atom stereocenters. The summed E-state index contributed by atoms with van der Waals surface area (Å²) in [7, 11) is -3.61. The normalized spacial score (nSPS) is 11.7. The molecule has 0 saturated heterocycles. The number of nitrogens with one attached hydrogen (secondary N) is 1. The first-order valence-corrected chi connectivity index (χ1v) is 7.56. The highest BCUT2D eigenvalue weighted by atomic mass is 32.2. The Hall–Kier alpha value is -2.34. The van der Waals surface area contributed by atoms with Crippen LogP contribution >= 0.6 is 0 Å². The van der Waals surface area contributed by atoms with Gasteiger partial charge in [-0.05, 0) is 36.8 Å². The van der Waals surface area contributed by atoms with Gasteiger partial charge in [0.05, 0.1) is 10.6 Å². The molecule has 0 aliphatic rings. The van der Waals surface area contributed by atoms with E-state index >= 15 is 0 Å². The van der Waals surface area contributed by atoms with Crippen LogP contribution in [0.4, 0.5) is 5.69 Å². The quantitative estimate of drug-likeness (QED) is 0.804. The predicted molar refractivity (Wildman–Crippen MR) is 77.2 cm³/mol. The van der Waals surface area contributed by atoms with Crippen molar-refractivity contribution in [3.05, 3.63) is 60.6 Å². The number of aryl methyl sites for hydroxylation is 1. The van der Waals surface area contributed by atoms with Gasteiger partial charge in [-0.25, -0.2) is 13.4 Å². The van der Waals surface area contributed by atoms with Crippen molar-refractivity contribution in [1.29, 1.82) is 0 Å². The van der Waals surface area contributed by atoms with Gasteiger partial charge in [-0.1, -0.05) is 12.1 Å². The van der Waals surface area contributed by atoms with Gasteiger partial charge < -0.3 is 4.40 Å². The highest BCUT2D eigenvalue weighted by Gasteiger charge is 2.16. The molecule has 0 unspecified atom stereocenters. The fourth-order valence-electron chi connectivity index (χ4n) is 2.01. The zero-order chi connectivity index (χ0) is 14.2. The Balaban J connectivity index is 2.04. The lowest BCUT2D eigenvalue weighted by Gasteiger charge is -2.09. The van der Waals surface area contributed by atoms with Crippen molar-refractivity contribution in [2.75, 3.05) is 4.72 Å². The zero-order valence-corrected chi connectivity index (χ0v) is 11.6. The van der Waals surface area contributed by atoms with E-state index in [1.807, 2.05) is 19.2 Å². The lowest BCUT2D eigenvalue weighted by atomic mass is 10.2. The van der Waals surface area contributed by atoms with Crippen molar-refractivity contribution in [3.8, 4) is 0 Å². The number of imidazole rings is 1. The first kappa shape index (κ1) is 12.7. The van der Waals surface area contributed by atoms with E-state index in [1.165, 1.54) is 0 Å². The molecule has 0 spiro atoms. The Morgan fingerprint density at radius 1 is 1.15 bits per heavy atom. The van der Waals surface area contributed by atoms with Gasteiger partial charge in [0.15, 0.2) is 5.65 Å². The number of fused-ring (bicyclic) bond motifs is 1. The fraction of sp³-hybridized carbons (Fsp3) is 0.0714. The summed E-state index contributed by atoms with van der Waals surface area (Å²) in [5, 5.41) is 0. The second-order valence-electron chi connectivity index (χ2n) is 4.50. The number of aromatic nitrogens is 2. The van der Waals surface area contributed by atoms with Crippen LogP contribution in [0.3, 0.4) is 0 Å². The predicted octanol–water partition coefficient (Wildman–Crippen LogP) is 2.44.